The maximum Gasteiger partial charge on any atom is 0.416 e. The Labute approximate surface area is 147 Å². The first-order valence-corrected chi connectivity index (χ1v) is 7.93. The highest BCUT2D eigenvalue weighted by Gasteiger charge is 2.31. The summed E-state index contributed by atoms with van der Waals surface area (Å²) in [5, 5.41) is 3.18. The second-order valence-electron chi connectivity index (χ2n) is 6.20. The van der Waals surface area contributed by atoms with Gasteiger partial charge in [-0.2, -0.15) is 13.2 Å². The van der Waals surface area contributed by atoms with Crippen molar-refractivity contribution in [1.82, 2.24) is 10.2 Å². The molecule has 1 fully saturated rings. The Balaban J connectivity index is 0.00000288. The third kappa shape index (κ3) is 5.38. The highest BCUT2D eigenvalue weighted by Crippen LogP contribution is 2.32. The van der Waals surface area contributed by atoms with E-state index < -0.39 is 11.7 Å². The largest absolute Gasteiger partial charge is 0.416 e. The fourth-order valence-corrected chi connectivity index (χ4v) is 2.97. The van der Waals surface area contributed by atoms with E-state index in [1.807, 2.05) is 11.9 Å². The van der Waals surface area contributed by atoms with E-state index in [1.54, 1.807) is 13.0 Å². The van der Waals surface area contributed by atoms with Crippen molar-refractivity contribution in [3.63, 3.8) is 0 Å². The summed E-state index contributed by atoms with van der Waals surface area (Å²) in [5.74, 6) is -0.227. The number of carbonyl (C=O) groups excluding carboxylic acids is 1. The monoisotopic (exact) mass is 364 g/mol. The lowest BCUT2D eigenvalue weighted by atomic mass is 9.94. The first-order valence-electron chi connectivity index (χ1n) is 7.93. The van der Waals surface area contributed by atoms with Crippen LogP contribution in [0, 0.1) is 0 Å². The molecule has 1 heterocycles. The Morgan fingerprint density at radius 2 is 2.12 bits per heavy atom. The van der Waals surface area contributed by atoms with E-state index in [4.69, 9.17) is 0 Å². The summed E-state index contributed by atoms with van der Waals surface area (Å²) in [6.45, 7) is 3.20. The lowest BCUT2D eigenvalue weighted by molar-refractivity contribution is -0.137. The van der Waals surface area contributed by atoms with E-state index in [-0.39, 0.29) is 30.7 Å². The SMILES string of the molecule is CNC1CCCN(C(=O)CC(C)c2cccc(C(F)(F)F)c2)C1.Cl. The number of piperidine rings is 1. The molecule has 1 aliphatic rings. The number of likely N-dealkylation sites (N-methyl/N-ethyl adjacent to an activating group) is 1. The van der Waals surface area contributed by atoms with Crippen LogP contribution in [0.4, 0.5) is 13.2 Å². The molecule has 2 rings (SSSR count). The van der Waals surface area contributed by atoms with E-state index >= 15 is 0 Å². The standard InChI is InChI=1S/C17H23F3N2O.ClH/c1-12(13-5-3-6-14(10-13)17(18,19)20)9-16(23)22-8-4-7-15(11-22)21-2;/h3,5-6,10,12,15,21H,4,7-9,11H2,1-2H3;1H. The molecular formula is C17H24ClF3N2O. The van der Waals surface area contributed by atoms with Gasteiger partial charge in [-0.1, -0.05) is 25.1 Å². The molecule has 0 aromatic heterocycles. The number of benzene rings is 1. The Hall–Kier alpha value is -1.27. The Bertz CT molecular complexity index is 551. The van der Waals surface area contributed by atoms with Crippen LogP contribution < -0.4 is 5.32 Å². The predicted octanol–water partition coefficient (Wildman–Crippen LogP) is 3.83. The normalized spacial score (nSPS) is 19.5. The summed E-state index contributed by atoms with van der Waals surface area (Å²) in [6.07, 6.45) is -2.12. The first kappa shape index (κ1) is 20.8. The van der Waals surface area contributed by atoms with Gasteiger partial charge in [-0.15, -0.1) is 12.4 Å². The number of likely N-dealkylation sites (tertiary alicyclic amines) is 1. The Kier molecular flexibility index (Phi) is 7.55. The number of hydrogen-bond donors (Lipinski definition) is 1. The fraction of sp³-hybridized carbons (Fsp3) is 0.588. The van der Waals surface area contributed by atoms with Gasteiger partial charge >= 0.3 is 6.18 Å². The molecule has 7 heteroatoms. The minimum Gasteiger partial charge on any atom is -0.341 e. The Morgan fingerprint density at radius 3 is 2.75 bits per heavy atom. The van der Waals surface area contributed by atoms with Gasteiger partial charge in [-0.05, 0) is 37.4 Å². The molecule has 1 amide bonds. The highest BCUT2D eigenvalue weighted by atomic mass is 35.5. The van der Waals surface area contributed by atoms with Gasteiger partial charge in [0.25, 0.3) is 0 Å². The molecule has 1 saturated heterocycles. The summed E-state index contributed by atoms with van der Waals surface area (Å²) in [6, 6.07) is 5.55. The van der Waals surface area contributed by atoms with E-state index in [1.165, 1.54) is 6.07 Å². The molecule has 24 heavy (non-hydrogen) atoms. The van der Waals surface area contributed by atoms with Crippen molar-refractivity contribution in [1.29, 1.82) is 0 Å². The van der Waals surface area contributed by atoms with Crippen LogP contribution in [-0.2, 0) is 11.0 Å². The number of rotatable bonds is 4. The Morgan fingerprint density at radius 1 is 1.42 bits per heavy atom. The smallest absolute Gasteiger partial charge is 0.341 e. The molecule has 1 aromatic rings. The van der Waals surface area contributed by atoms with Gasteiger partial charge in [0, 0.05) is 25.6 Å². The number of amides is 1. The maximum atomic E-state index is 12.8. The summed E-state index contributed by atoms with van der Waals surface area (Å²) in [5.41, 5.74) is -0.113. The lowest BCUT2D eigenvalue weighted by Gasteiger charge is -2.33. The van der Waals surface area contributed by atoms with Crippen LogP contribution in [-0.4, -0.2) is 37.0 Å². The summed E-state index contributed by atoms with van der Waals surface area (Å²) < 4.78 is 38.4. The van der Waals surface area contributed by atoms with Crippen LogP contribution in [0.5, 0.6) is 0 Å². The van der Waals surface area contributed by atoms with Gasteiger partial charge in [0.15, 0.2) is 0 Å². The first-order chi connectivity index (χ1) is 10.8. The molecule has 0 radical (unpaired) electrons. The van der Waals surface area contributed by atoms with Crippen molar-refractivity contribution in [2.24, 2.45) is 0 Å². The predicted molar refractivity (Wildman–Crippen MR) is 90.4 cm³/mol. The van der Waals surface area contributed by atoms with E-state index in [0.717, 1.165) is 31.5 Å². The van der Waals surface area contributed by atoms with Crippen LogP contribution in [0.3, 0.4) is 0 Å². The van der Waals surface area contributed by atoms with Crippen LogP contribution >= 0.6 is 12.4 Å². The van der Waals surface area contributed by atoms with Crippen molar-refractivity contribution in [3.8, 4) is 0 Å². The van der Waals surface area contributed by atoms with Crippen LogP contribution in [0.25, 0.3) is 0 Å². The average Bonchev–Trinajstić information content (AvgIpc) is 2.54. The number of nitrogens with one attached hydrogen (secondary N) is 1. The third-order valence-corrected chi connectivity index (χ3v) is 4.45. The maximum absolute atomic E-state index is 12.8. The molecule has 1 N–H and O–H groups in total. The molecule has 0 saturated carbocycles. The van der Waals surface area contributed by atoms with Gasteiger partial charge in [0.05, 0.1) is 5.56 Å². The molecule has 3 nitrogen and oxygen atoms in total. The van der Waals surface area contributed by atoms with E-state index in [2.05, 4.69) is 5.32 Å². The molecule has 0 bridgehead atoms. The van der Waals surface area contributed by atoms with Crippen molar-refractivity contribution < 1.29 is 18.0 Å². The van der Waals surface area contributed by atoms with Gasteiger partial charge in [0.1, 0.15) is 0 Å². The lowest BCUT2D eigenvalue weighted by Crippen LogP contribution is -2.47. The van der Waals surface area contributed by atoms with Crippen molar-refractivity contribution in [2.75, 3.05) is 20.1 Å². The molecule has 2 unspecified atom stereocenters. The van der Waals surface area contributed by atoms with Crippen molar-refractivity contribution >= 4 is 18.3 Å². The van der Waals surface area contributed by atoms with Crippen LogP contribution in [0.1, 0.15) is 43.2 Å². The number of nitrogens with zero attached hydrogens (tertiary/aromatic N) is 1. The fourth-order valence-electron chi connectivity index (χ4n) is 2.97. The van der Waals surface area contributed by atoms with Crippen molar-refractivity contribution in [3.05, 3.63) is 35.4 Å². The number of alkyl halides is 3. The van der Waals surface area contributed by atoms with Gasteiger partial charge in [-0.25, -0.2) is 0 Å². The summed E-state index contributed by atoms with van der Waals surface area (Å²) in [4.78, 5) is 14.2. The molecule has 0 aliphatic carbocycles. The van der Waals surface area contributed by atoms with Crippen molar-refractivity contribution in [2.45, 2.75) is 44.3 Å². The van der Waals surface area contributed by atoms with E-state index in [0.29, 0.717) is 18.2 Å². The van der Waals surface area contributed by atoms with Gasteiger partial charge < -0.3 is 10.2 Å². The molecule has 1 aliphatic heterocycles. The molecule has 136 valence electrons. The number of hydrogen-bond acceptors (Lipinski definition) is 2. The average molecular weight is 365 g/mol. The molecule has 0 spiro atoms. The zero-order chi connectivity index (χ0) is 17.0. The zero-order valence-corrected chi connectivity index (χ0v) is 14.7. The second kappa shape index (κ2) is 8.72. The minimum atomic E-state index is -4.35. The third-order valence-electron chi connectivity index (χ3n) is 4.45. The highest BCUT2D eigenvalue weighted by molar-refractivity contribution is 5.85. The summed E-state index contributed by atoms with van der Waals surface area (Å²) >= 11 is 0. The number of carbonyl (C=O) groups is 1. The van der Waals surface area contributed by atoms with Crippen LogP contribution in [0.2, 0.25) is 0 Å². The van der Waals surface area contributed by atoms with E-state index in [9.17, 15) is 18.0 Å². The van der Waals surface area contributed by atoms with Crippen LogP contribution in [0.15, 0.2) is 24.3 Å². The quantitative estimate of drug-likeness (QED) is 0.880. The molecule has 2 atom stereocenters. The summed E-state index contributed by atoms with van der Waals surface area (Å²) in [7, 11) is 1.88. The molecule has 1 aromatic carbocycles. The minimum absolute atomic E-state index is 0. The van der Waals surface area contributed by atoms with Gasteiger partial charge in [0.2, 0.25) is 5.91 Å². The van der Waals surface area contributed by atoms with Gasteiger partial charge in [-0.3, -0.25) is 4.79 Å². The number of halogens is 4. The topological polar surface area (TPSA) is 32.3 Å². The second-order valence-corrected chi connectivity index (χ2v) is 6.20. The molecular weight excluding hydrogens is 341 g/mol. The zero-order valence-electron chi connectivity index (χ0n) is 13.9.